The van der Waals surface area contributed by atoms with Crippen molar-refractivity contribution >= 4 is 24.3 Å². The zero-order valence-corrected chi connectivity index (χ0v) is 10.3. The van der Waals surface area contributed by atoms with Gasteiger partial charge in [-0.2, -0.15) is 15.0 Å². The van der Waals surface area contributed by atoms with E-state index < -0.39 is 0 Å². The van der Waals surface area contributed by atoms with Crippen LogP contribution in [-0.4, -0.2) is 34.0 Å². The first-order valence-electron chi connectivity index (χ1n) is 4.76. The highest BCUT2D eigenvalue weighted by molar-refractivity contribution is 5.85. The lowest BCUT2D eigenvalue weighted by Crippen LogP contribution is -2.15. The minimum absolute atomic E-state index is 0. The molecule has 0 aliphatic rings. The lowest BCUT2D eigenvalue weighted by Gasteiger charge is -2.11. The fourth-order valence-electron chi connectivity index (χ4n) is 1.21. The van der Waals surface area contributed by atoms with Crippen LogP contribution in [0, 0.1) is 0 Å². The van der Waals surface area contributed by atoms with E-state index in [1.165, 1.54) is 0 Å². The standard InChI is InChI=1S/C10H12N6.ClH/c1-16(2)10-14-8(13-9(11)15-10)7-3-5-12-6-4-7;/h3-6H,1-2H3,(H2,11,13,14,15);1H. The van der Waals surface area contributed by atoms with Gasteiger partial charge in [-0.1, -0.05) is 0 Å². The van der Waals surface area contributed by atoms with E-state index in [4.69, 9.17) is 5.73 Å². The lowest BCUT2D eigenvalue weighted by molar-refractivity contribution is 0.970. The zero-order chi connectivity index (χ0) is 11.5. The van der Waals surface area contributed by atoms with Crippen LogP contribution in [0.2, 0.25) is 0 Å². The Kier molecular flexibility index (Phi) is 4.17. The maximum absolute atomic E-state index is 5.63. The van der Waals surface area contributed by atoms with E-state index >= 15 is 0 Å². The maximum Gasteiger partial charge on any atom is 0.230 e. The van der Waals surface area contributed by atoms with Gasteiger partial charge in [-0.15, -0.1) is 12.4 Å². The normalized spacial score (nSPS) is 9.53. The topological polar surface area (TPSA) is 80.8 Å². The van der Waals surface area contributed by atoms with E-state index in [9.17, 15) is 0 Å². The second kappa shape index (κ2) is 5.40. The third-order valence-corrected chi connectivity index (χ3v) is 1.98. The molecule has 0 amide bonds. The number of aromatic nitrogens is 4. The first-order chi connectivity index (χ1) is 7.66. The van der Waals surface area contributed by atoms with Crippen molar-refractivity contribution in [3.05, 3.63) is 24.5 Å². The highest BCUT2D eigenvalue weighted by atomic mass is 35.5. The van der Waals surface area contributed by atoms with Crippen molar-refractivity contribution in [2.45, 2.75) is 0 Å². The van der Waals surface area contributed by atoms with E-state index in [1.54, 1.807) is 17.3 Å². The van der Waals surface area contributed by atoms with Crippen LogP contribution < -0.4 is 10.6 Å². The molecule has 0 saturated heterocycles. The lowest BCUT2D eigenvalue weighted by atomic mass is 10.2. The van der Waals surface area contributed by atoms with Gasteiger partial charge in [0.1, 0.15) is 0 Å². The van der Waals surface area contributed by atoms with E-state index in [1.807, 2.05) is 26.2 Å². The molecule has 2 N–H and O–H groups in total. The van der Waals surface area contributed by atoms with Crippen molar-refractivity contribution in [1.29, 1.82) is 0 Å². The summed E-state index contributed by atoms with van der Waals surface area (Å²) < 4.78 is 0. The Morgan fingerprint density at radius 3 is 2.29 bits per heavy atom. The molecule has 0 aliphatic carbocycles. The SMILES string of the molecule is CN(C)c1nc(N)nc(-c2ccncc2)n1.Cl. The van der Waals surface area contributed by atoms with Crippen molar-refractivity contribution in [3.63, 3.8) is 0 Å². The quantitative estimate of drug-likeness (QED) is 0.859. The van der Waals surface area contributed by atoms with Gasteiger partial charge in [-0.05, 0) is 12.1 Å². The minimum Gasteiger partial charge on any atom is -0.368 e. The third kappa shape index (κ3) is 3.01. The van der Waals surface area contributed by atoms with Gasteiger partial charge in [-0.3, -0.25) is 4.98 Å². The number of halogens is 1. The van der Waals surface area contributed by atoms with Crippen LogP contribution in [0.4, 0.5) is 11.9 Å². The smallest absolute Gasteiger partial charge is 0.230 e. The zero-order valence-electron chi connectivity index (χ0n) is 9.53. The Labute approximate surface area is 105 Å². The molecule has 0 saturated carbocycles. The molecule has 0 atom stereocenters. The summed E-state index contributed by atoms with van der Waals surface area (Å²) in [5.41, 5.74) is 6.50. The van der Waals surface area contributed by atoms with Gasteiger partial charge in [0.25, 0.3) is 0 Å². The third-order valence-electron chi connectivity index (χ3n) is 1.98. The molecule has 6 nitrogen and oxygen atoms in total. The Balaban J connectivity index is 0.00000144. The van der Waals surface area contributed by atoms with Crippen molar-refractivity contribution in [2.75, 3.05) is 24.7 Å². The van der Waals surface area contributed by atoms with Gasteiger partial charge >= 0.3 is 0 Å². The summed E-state index contributed by atoms with van der Waals surface area (Å²) in [6.45, 7) is 0. The van der Waals surface area contributed by atoms with Gasteiger partial charge in [0, 0.05) is 32.1 Å². The largest absolute Gasteiger partial charge is 0.368 e. The summed E-state index contributed by atoms with van der Waals surface area (Å²) in [4.78, 5) is 18.1. The predicted molar refractivity (Wildman–Crippen MR) is 69.0 cm³/mol. The van der Waals surface area contributed by atoms with Crippen molar-refractivity contribution in [2.24, 2.45) is 0 Å². The Morgan fingerprint density at radius 2 is 1.71 bits per heavy atom. The van der Waals surface area contributed by atoms with Crippen molar-refractivity contribution in [3.8, 4) is 11.4 Å². The van der Waals surface area contributed by atoms with Gasteiger partial charge in [0.05, 0.1) is 0 Å². The molecule has 2 aromatic heterocycles. The summed E-state index contributed by atoms with van der Waals surface area (Å²) >= 11 is 0. The number of nitrogen functional groups attached to an aromatic ring is 1. The van der Waals surface area contributed by atoms with Crippen molar-refractivity contribution in [1.82, 2.24) is 19.9 Å². The Hall–Kier alpha value is -1.95. The predicted octanol–water partition coefficient (Wildman–Crippen LogP) is 1.00. The van der Waals surface area contributed by atoms with Crippen LogP contribution in [0.15, 0.2) is 24.5 Å². The molecule has 0 bridgehead atoms. The molecule has 0 aliphatic heterocycles. The number of anilines is 2. The van der Waals surface area contributed by atoms with Crippen LogP contribution in [0.5, 0.6) is 0 Å². The molecular weight excluding hydrogens is 240 g/mol. The van der Waals surface area contributed by atoms with Crippen LogP contribution in [-0.2, 0) is 0 Å². The summed E-state index contributed by atoms with van der Waals surface area (Å²) in [5, 5.41) is 0. The average molecular weight is 253 g/mol. The van der Waals surface area contributed by atoms with E-state index in [0.717, 1.165) is 5.56 Å². The summed E-state index contributed by atoms with van der Waals surface area (Å²) in [5.74, 6) is 1.31. The van der Waals surface area contributed by atoms with Crippen LogP contribution in [0.3, 0.4) is 0 Å². The molecule has 0 spiro atoms. The highest BCUT2D eigenvalue weighted by Crippen LogP contribution is 2.16. The van der Waals surface area contributed by atoms with Gasteiger partial charge < -0.3 is 10.6 Å². The Morgan fingerprint density at radius 1 is 1.06 bits per heavy atom. The molecule has 0 aromatic carbocycles. The first kappa shape index (κ1) is 13.1. The highest BCUT2D eigenvalue weighted by Gasteiger charge is 2.07. The number of pyridine rings is 1. The van der Waals surface area contributed by atoms with Crippen LogP contribution in [0.1, 0.15) is 0 Å². The number of rotatable bonds is 2. The average Bonchev–Trinajstić information content (AvgIpc) is 2.29. The number of nitrogens with zero attached hydrogens (tertiary/aromatic N) is 5. The fraction of sp³-hybridized carbons (Fsp3) is 0.200. The minimum atomic E-state index is 0. The number of hydrogen-bond acceptors (Lipinski definition) is 6. The molecule has 0 fully saturated rings. The number of nitrogens with two attached hydrogens (primary N) is 1. The monoisotopic (exact) mass is 252 g/mol. The summed E-state index contributed by atoms with van der Waals surface area (Å²) in [7, 11) is 3.70. The molecule has 2 heterocycles. The molecule has 0 radical (unpaired) electrons. The summed E-state index contributed by atoms with van der Waals surface area (Å²) in [6, 6.07) is 3.66. The molecule has 2 rings (SSSR count). The molecular formula is C10H13ClN6. The maximum atomic E-state index is 5.63. The Bertz CT molecular complexity index is 487. The molecule has 17 heavy (non-hydrogen) atoms. The van der Waals surface area contributed by atoms with Crippen LogP contribution in [0.25, 0.3) is 11.4 Å². The number of hydrogen-bond donors (Lipinski definition) is 1. The van der Waals surface area contributed by atoms with Crippen LogP contribution >= 0.6 is 12.4 Å². The van der Waals surface area contributed by atoms with Gasteiger partial charge in [0.2, 0.25) is 11.9 Å². The summed E-state index contributed by atoms with van der Waals surface area (Å²) in [6.07, 6.45) is 3.37. The second-order valence-corrected chi connectivity index (χ2v) is 3.45. The molecule has 90 valence electrons. The van der Waals surface area contributed by atoms with E-state index in [2.05, 4.69) is 19.9 Å². The van der Waals surface area contributed by atoms with E-state index in [-0.39, 0.29) is 18.4 Å². The molecule has 0 unspecified atom stereocenters. The second-order valence-electron chi connectivity index (χ2n) is 3.45. The van der Waals surface area contributed by atoms with E-state index in [0.29, 0.717) is 11.8 Å². The first-order valence-corrected chi connectivity index (χ1v) is 4.76. The fourth-order valence-corrected chi connectivity index (χ4v) is 1.21. The van der Waals surface area contributed by atoms with Gasteiger partial charge in [0.15, 0.2) is 5.82 Å². The molecule has 2 aromatic rings. The molecule has 7 heteroatoms. The van der Waals surface area contributed by atoms with Crippen molar-refractivity contribution < 1.29 is 0 Å². The van der Waals surface area contributed by atoms with Gasteiger partial charge in [-0.25, -0.2) is 0 Å².